The number of hydrogen-bond donors (Lipinski definition) is 1. The lowest BCUT2D eigenvalue weighted by atomic mass is 10.2. The van der Waals surface area contributed by atoms with Crippen molar-refractivity contribution in [3.63, 3.8) is 0 Å². The van der Waals surface area contributed by atoms with Crippen molar-refractivity contribution in [2.24, 2.45) is 0 Å². The molecule has 0 saturated heterocycles. The molecule has 2 N–H and O–H groups in total. The van der Waals surface area contributed by atoms with E-state index in [9.17, 15) is 4.39 Å². The van der Waals surface area contributed by atoms with Crippen LogP contribution in [0.4, 0.5) is 10.2 Å². The SMILES string of the molecule is Nc1csc(-c2cccc(F)c2)n1. The van der Waals surface area contributed by atoms with Gasteiger partial charge in [0, 0.05) is 10.9 Å². The molecule has 1 aromatic carbocycles. The van der Waals surface area contributed by atoms with E-state index in [1.54, 1.807) is 17.5 Å². The number of hydrogen-bond acceptors (Lipinski definition) is 3. The minimum absolute atomic E-state index is 0.258. The summed E-state index contributed by atoms with van der Waals surface area (Å²) in [6.07, 6.45) is 0. The molecule has 0 aliphatic heterocycles. The second-order valence-corrected chi connectivity index (χ2v) is 3.45. The van der Waals surface area contributed by atoms with Gasteiger partial charge >= 0.3 is 0 Å². The number of nitrogens with zero attached hydrogens (tertiary/aromatic N) is 1. The van der Waals surface area contributed by atoms with Gasteiger partial charge in [0.15, 0.2) is 0 Å². The minimum atomic E-state index is -0.258. The number of halogens is 1. The molecule has 1 heterocycles. The van der Waals surface area contributed by atoms with E-state index < -0.39 is 0 Å². The van der Waals surface area contributed by atoms with Crippen molar-refractivity contribution in [3.05, 3.63) is 35.5 Å². The number of rotatable bonds is 1. The van der Waals surface area contributed by atoms with Gasteiger partial charge in [-0.1, -0.05) is 12.1 Å². The van der Waals surface area contributed by atoms with Gasteiger partial charge in [-0.3, -0.25) is 0 Å². The maximum atomic E-state index is 12.8. The highest BCUT2D eigenvalue weighted by molar-refractivity contribution is 7.13. The number of aromatic nitrogens is 1. The fourth-order valence-electron chi connectivity index (χ4n) is 1.04. The van der Waals surface area contributed by atoms with Crippen molar-refractivity contribution in [2.45, 2.75) is 0 Å². The molecule has 0 bridgehead atoms. The lowest BCUT2D eigenvalue weighted by Gasteiger charge is -1.94. The van der Waals surface area contributed by atoms with Crippen LogP contribution in [0.3, 0.4) is 0 Å². The van der Waals surface area contributed by atoms with Gasteiger partial charge in [-0.05, 0) is 12.1 Å². The molecule has 0 fully saturated rings. The molecule has 0 amide bonds. The van der Waals surface area contributed by atoms with E-state index >= 15 is 0 Å². The van der Waals surface area contributed by atoms with Crippen molar-refractivity contribution in [2.75, 3.05) is 5.73 Å². The van der Waals surface area contributed by atoms with E-state index in [1.165, 1.54) is 23.5 Å². The second-order valence-electron chi connectivity index (χ2n) is 2.59. The molecular weight excluding hydrogens is 187 g/mol. The Morgan fingerprint density at radius 3 is 2.85 bits per heavy atom. The second kappa shape index (κ2) is 3.14. The first-order chi connectivity index (χ1) is 6.25. The first kappa shape index (κ1) is 8.19. The topological polar surface area (TPSA) is 38.9 Å². The van der Waals surface area contributed by atoms with E-state index in [4.69, 9.17) is 5.73 Å². The van der Waals surface area contributed by atoms with Gasteiger partial charge in [0.1, 0.15) is 16.6 Å². The van der Waals surface area contributed by atoms with Gasteiger partial charge < -0.3 is 5.73 Å². The van der Waals surface area contributed by atoms with E-state index in [0.29, 0.717) is 5.82 Å². The molecule has 0 spiro atoms. The normalized spacial score (nSPS) is 10.2. The van der Waals surface area contributed by atoms with Gasteiger partial charge in [-0.2, -0.15) is 0 Å². The van der Waals surface area contributed by atoms with E-state index in [-0.39, 0.29) is 5.82 Å². The van der Waals surface area contributed by atoms with E-state index in [2.05, 4.69) is 4.98 Å². The van der Waals surface area contributed by atoms with Crippen molar-refractivity contribution >= 4 is 17.2 Å². The Hall–Kier alpha value is -1.42. The van der Waals surface area contributed by atoms with Crippen LogP contribution in [-0.4, -0.2) is 4.98 Å². The quantitative estimate of drug-likeness (QED) is 0.757. The molecule has 0 atom stereocenters. The first-order valence-corrected chi connectivity index (χ1v) is 4.60. The van der Waals surface area contributed by atoms with Crippen LogP contribution >= 0.6 is 11.3 Å². The van der Waals surface area contributed by atoms with Crippen LogP contribution in [0.15, 0.2) is 29.6 Å². The van der Waals surface area contributed by atoms with Crippen molar-refractivity contribution < 1.29 is 4.39 Å². The molecule has 1 aromatic heterocycles. The van der Waals surface area contributed by atoms with Crippen molar-refractivity contribution in [3.8, 4) is 10.6 Å². The predicted molar refractivity (Wildman–Crippen MR) is 51.9 cm³/mol. The number of nitrogens with two attached hydrogens (primary N) is 1. The van der Waals surface area contributed by atoms with Crippen LogP contribution in [0.25, 0.3) is 10.6 Å². The van der Waals surface area contributed by atoms with Gasteiger partial charge in [0.25, 0.3) is 0 Å². The third kappa shape index (κ3) is 1.67. The monoisotopic (exact) mass is 194 g/mol. The Bertz CT molecular complexity index is 425. The number of anilines is 1. The molecule has 0 unspecified atom stereocenters. The Labute approximate surface area is 78.9 Å². The Morgan fingerprint density at radius 1 is 1.38 bits per heavy atom. The molecule has 4 heteroatoms. The molecule has 2 nitrogen and oxygen atoms in total. The van der Waals surface area contributed by atoms with E-state index in [1.807, 2.05) is 0 Å². The molecule has 2 rings (SSSR count). The molecular formula is C9H7FN2S. The number of thiazole rings is 1. The fraction of sp³-hybridized carbons (Fsp3) is 0. The van der Waals surface area contributed by atoms with Gasteiger partial charge in [0.2, 0.25) is 0 Å². The number of nitrogen functional groups attached to an aromatic ring is 1. The fourth-order valence-corrected chi connectivity index (χ4v) is 1.75. The molecule has 2 aromatic rings. The molecule has 0 aliphatic carbocycles. The summed E-state index contributed by atoms with van der Waals surface area (Å²) in [4.78, 5) is 4.05. The highest BCUT2D eigenvalue weighted by atomic mass is 32.1. The average Bonchev–Trinajstić information content (AvgIpc) is 2.52. The minimum Gasteiger partial charge on any atom is -0.383 e. The van der Waals surface area contributed by atoms with Gasteiger partial charge in [-0.25, -0.2) is 9.37 Å². The Morgan fingerprint density at radius 2 is 2.23 bits per heavy atom. The zero-order chi connectivity index (χ0) is 9.26. The van der Waals surface area contributed by atoms with Gasteiger partial charge in [-0.15, -0.1) is 11.3 Å². The maximum absolute atomic E-state index is 12.8. The first-order valence-electron chi connectivity index (χ1n) is 3.72. The maximum Gasteiger partial charge on any atom is 0.135 e. The summed E-state index contributed by atoms with van der Waals surface area (Å²) < 4.78 is 12.8. The van der Waals surface area contributed by atoms with Crippen LogP contribution in [0, 0.1) is 5.82 Å². The predicted octanol–water partition coefficient (Wildman–Crippen LogP) is 2.53. The van der Waals surface area contributed by atoms with Crippen LogP contribution < -0.4 is 5.73 Å². The highest BCUT2D eigenvalue weighted by Gasteiger charge is 2.02. The Kier molecular flexibility index (Phi) is 1.98. The lowest BCUT2D eigenvalue weighted by molar-refractivity contribution is 0.628. The van der Waals surface area contributed by atoms with Crippen molar-refractivity contribution in [1.82, 2.24) is 4.98 Å². The summed E-state index contributed by atoms with van der Waals surface area (Å²) in [6.45, 7) is 0. The van der Waals surface area contributed by atoms with Crippen LogP contribution in [0.1, 0.15) is 0 Å². The lowest BCUT2D eigenvalue weighted by Crippen LogP contribution is -1.83. The molecule has 0 aliphatic rings. The summed E-state index contributed by atoms with van der Waals surface area (Å²) in [5.74, 6) is 0.218. The number of benzene rings is 1. The summed E-state index contributed by atoms with van der Waals surface area (Å²) in [5.41, 5.74) is 6.23. The van der Waals surface area contributed by atoms with Crippen LogP contribution in [-0.2, 0) is 0 Å². The third-order valence-electron chi connectivity index (χ3n) is 1.59. The summed E-state index contributed by atoms with van der Waals surface area (Å²) in [5, 5.41) is 2.48. The van der Waals surface area contributed by atoms with Crippen LogP contribution in [0.5, 0.6) is 0 Å². The summed E-state index contributed by atoms with van der Waals surface area (Å²) in [7, 11) is 0. The van der Waals surface area contributed by atoms with Gasteiger partial charge in [0.05, 0.1) is 0 Å². The molecule has 66 valence electrons. The standard InChI is InChI=1S/C9H7FN2S/c10-7-3-1-2-6(4-7)9-12-8(11)5-13-9/h1-5H,11H2. The highest BCUT2D eigenvalue weighted by Crippen LogP contribution is 2.24. The van der Waals surface area contributed by atoms with Crippen LogP contribution in [0.2, 0.25) is 0 Å². The average molecular weight is 194 g/mol. The molecule has 0 saturated carbocycles. The smallest absolute Gasteiger partial charge is 0.135 e. The summed E-state index contributed by atoms with van der Waals surface area (Å²) >= 11 is 1.41. The largest absolute Gasteiger partial charge is 0.383 e. The van der Waals surface area contributed by atoms with E-state index in [0.717, 1.165) is 10.6 Å². The zero-order valence-electron chi connectivity index (χ0n) is 6.70. The Balaban J connectivity index is 2.46. The summed E-state index contributed by atoms with van der Waals surface area (Å²) in [6, 6.07) is 6.31. The molecule has 0 radical (unpaired) electrons. The third-order valence-corrected chi connectivity index (χ3v) is 2.50. The zero-order valence-corrected chi connectivity index (χ0v) is 7.51. The van der Waals surface area contributed by atoms with Crippen molar-refractivity contribution in [1.29, 1.82) is 0 Å². The molecule has 13 heavy (non-hydrogen) atoms.